The Bertz CT molecular complexity index is 940. The average Bonchev–Trinajstić information content (AvgIpc) is 2.74. The van der Waals surface area contributed by atoms with Crippen molar-refractivity contribution in [2.75, 3.05) is 20.3 Å². The zero-order valence-electron chi connectivity index (χ0n) is 16.3. The van der Waals surface area contributed by atoms with Crippen molar-refractivity contribution in [3.05, 3.63) is 58.6 Å². The first-order valence-electron chi connectivity index (χ1n) is 8.93. The number of carbonyl (C=O) groups is 1. The molecule has 0 aliphatic rings. The Morgan fingerprint density at radius 2 is 2.03 bits per heavy atom. The Kier molecular flexibility index (Phi) is 8.76. The van der Waals surface area contributed by atoms with Gasteiger partial charge in [0.25, 0.3) is 5.91 Å². The highest BCUT2D eigenvalue weighted by Crippen LogP contribution is 2.28. The van der Waals surface area contributed by atoms with Gasteiger partial charge < -0.3 is 19.5 Å². The van der Waals surface area contributed by atoms with E-state index in [1.165, 1.54) is 0 Å². The summed E-state index contributed by atoms with van der Waals surface area (Å²) in [7, 11) is 1.56. The zero-order valence-corrected chi connectivity index (χ0v) is 17.1. The van der Waals surface area contributed by atoms with Gasteiger partial charge in [0, 0.05) is 24.1 Å². The Morgan fingerprint density at radius 1 is 1.24 bits per heavy atom. The molecule has 29 heavy (non-hydrogen) atoms. The van der Waals surface area contributed by atoms with Crippen LogP contribution in [0.5, 0.6) is 11.5 Å². The highest BCUT2D eigenvalue weighted by atomic mass is 35.5. The summed E-state index contributed by atoms with van der Waals surface area (Å²) in [5.41, 5.74) is 1.53. The molecule has 150 valence electrons. The van der Waals surface area contributed by atoms with Crippen LogP contribution in [0.1, 0.15) is 24.2 Å². The molecule has 6 heteroatoms. The van der Waals surface area contributed by atoms with E-state index in [-0.39, 0.29) is 12.5 Å². The summed E-state index contributed by atoms with van der Waals surface area (Å²) in [5, 5.41) is 3.31. The molecule has 0 spiro atoms. The third-order valence-electron chi connectivity index (χ3n) is 3.96. The molecule has 2 aromatic rings. The molecule has 0 aliphatic heterocycles. The van der Waals surface area contributed by atoms with Crippen molar-refractivity contribution in [1.82, 2.24) is 5.32 Å². The van der Waals surface area contributed by atoms with E-state index >= 15 is 0 Å². The fraction of sp³-hybridized carbons (Fsp3) is 0.261. The fourth-order valence-corrected chi connectivity index (χ4v) is 2.83. The lowest BCUT2D eigenvalue weighted by atomic mass is 10.1. The van der Waals surface area contributed by atoms with E-state index < -0.39 is 6.10 Å². The zero-order chi connectivity index (χ0) is 21.1. The molecule has 1 amide bonds. The molecule has 5 nitrogen and oxygen atoms in total. The van der Waals surface area contributed by atoms with Gasteiger partial charge in [0.15, 0.2) is 11.5 Å². The monoisotopic (exact) mass is 411 g/mol. The first-order valence-corrected chi connectivity index (χ1v) is 9.31. The number of carbonyl (C=O) groups excluding carboxylic acids is 1. The van der Waals surface area contributed by atoms with Crippen LogP contribution in [0.4, 0.5) is 0 Å². The van der Waals surface area contributed by atoms with Crippen molar-refractivity contribution in [3.8, 4) is 35.9 Å². The van der Waals surface area contributed by atoms with Gasteiger partial charge in [-0.05, 0) is 30.2 Å². The largest absolute Gasteiger partial charge is 0.493 e. The number of amides is 1. The lowest BCUT2D eigenvalue weighted by Gasteiger charge is -2.16. The first-order chi connectivity index (χ1) is 14.1. The molecule has 0 saturated carbocycles. The first kappa shape index (κ1) is 22.0. The number of rotatable bonds is 9. The maximum atomic E-state index is 12.7. The van der Waals surface area contributed by atoms with Crippen LogP contribution in [0.25, 0.3) is 0 Å². The lowest BCUT2D eigenvalue weighted by molar-refractivity contribution is -0.129. The molecule has 1 unspecified atom stereocenters. The molecule has 1 N–H and O–H groups in total. The Labute approximate surface area is 176 Å². The molecule has 0 aliphatic carbocycles. The molecule has 0 fully saturated rings. The standard InChI is InChI=1S/C23H22ClNO4/c1-4-14-28-20-11-10-17(16-21(20)27-3)12-13-25-23(26)22(29-15-5-2)18-8-6-7-9-19(18)24/h1,6-11,16,22H,12-14H2,2-3H3,(H,25,26). The van der Waals surface area contributed by atoms with Gasteiger partial charge in [0.1, 0.15) is 12.7 Å². The second-order valence-electron chi connectivity index (χ2n) is 5.89. The number of ether oxygens (including phenoxy) is 3. The molecule has 2 aromatic carbocycles. The van der Waals surface area contributed by atoms with Crippen LogP contribution < -0.4 is 14.8 Å². The van der Waals surface area contributed by atoms with E-state index in [9.17, 15) is 4.79 Å². The maximum Gasteiger partial charge on any atom is 0.267 e. The van der Waals surface area contributed by atoms with Crippen LogP contribution in [0.3, 0.4) is 0 Å². The SMILES string of the molecule is C#CCOc1ccc(CCNC(=O)C(OC#CC)c2ccccc2Cl)cc1OC. The maximum absolute atomic E-state index is 12.7. The van der Waals surface area contributed by atoms with Crippen molar-refractivity contribution in [2.45, 2.75) is 19.4 Å². The Balaban J connectivity index is 2.02. The summed E-state index contributed by atoms with van der Waals surface area (Å²) in [6, 6.07) is 12.6. The van der Waals surface area contributed by atoms with Crippen LogP contribution in [0.2, 0.25) is 5.02 Å². The van der Waals surface area contributed by atoms with E-state index in [4.69, 9.17) is 32.2 Å². The summed E-state index contributed by atoms with van der Waals surface area (Å²) in [4.78, 5) is 12.7. The summed E-state index contributed by atoms with van der Waals surface area (Å²) >= 11 is 6.21. The molecule has 1 atom stereocenters. The second-order valence-corrected chi connectivity index (χ2v) is 6.30. The van der Waals surface area contributed by atoms with Crippen LogP contribution in [-0.4, -0.2) is 26.2 Å². The summed E-state index contributed by atoms with van der Waals surface area (Å²) < 4.78 is 16.2. The summed E-state index contributed by atoms with van der Waals surface area (Å²) in [5.74, 6) is 5.88. The number of halogens is 1. The van der Waals surface area contributed by atoms with E-state index in [0.717, 1.165) is 5.56 Å². The van der Waals surface area contributed by atoms with Crippen molar-refractivity contribution < 1.29 is 19.0 Å². The Morgan fingerprint density at radius 3 is 2.72 bits per heavy atom. The van der Waals surface area contributed by atoms with E-state index in [1.54, 1.807) is 44.4 Å². The summed E-state index contributed by atoms with van der Waals surface area (Å²) in [6.07, 6.45) is 7.38. The molecule has 2 rings (SSSR count). The normalized spacial score (nSPS) is 10.7. The van der Waals surface area contributed by atoms with Crippen LogP contribution >= 0.6 is 11.6 Å². The predicted molar refractivity (Wildman–Crippen MR) is 113 cm³/mol. The van der Waals surface area contributed by atoms with Gasteiger partial charge in [0.2, 0.25) is 6.10 Å². The minimum atomic E-state index is -0.912. The van der Waals surface area contributed by atoms with Crippen molar-refractivity contribution in [3.63, 3.8) is 0 Å². The van der Waals surface area contributed by atoms with Crippen molar-refractivity contribution in [2.24, 2.45) is 0 Å². The van der Waals surface area contributed by atoms with Crippen LogP contribution in [0.15, 0.2) is 42.5 Å². The van der Waals surface area contributed by atoms with Crippen molar-refractivity contribution in [1.29, 1.82) is 0 Å². The highest BCUT2D eigenvalue weighted by molar-refractivity contribution is 6.31. The number of terminal acetylenes is 1. The third-order valence-corrected chi connectivity index (χ3v) is 4.30. The topological polar surface area (TPSA) is 56.8 Å². The smallest absolute Gasteiger partial charge is 0.267 e. The van der Waals surface area contributed by atoms with Gasteiger partial charge in [-0.1, -0.05) is 47.7 Å². The molecule has 0 saturated heterocycles. The molecule has 0 aromatic heterocycles. The molecule has 0 radical (unpaired) electrons. The van der Waals surface area contributed by atoms with Gasteiger partial charge in [0.05, 0.1) is 7.11 Å². The number of nitrogens with one attached hydrogen (secondary N) is 1. The molecule has 0 bridgehead atoms. The molecule has 0 heterocycles. The van der Waals surface area contributed by atoms with Gasteiger partial charge in [-0.15, -0.1) is 6.42 Å². The second kappa shape index (κ2) is 11.5. The number of hydrogen-bond donors (Lipinski definition) is 1. The molecular weight excluding hydrogens is 390 g/mol. The Hall–Kier alpha value is -3.28. The van der Waals surface area contributed by atoms with Crippen LogP contribution in [0, 0.1) is 24.4 Å². The quantitative estimate of drug-likeness (QED) is 0.638. The number of hydrogen-bond acceptors (Lipinski definition) is 4. The van der Waals surface area contributed by atoms with Gasteiger partial charge in [-0.3, -0.25) is 4.79 Å². The lowest BCUT2D eigenvalue weighted by Crippen LogP contribution is -2.32. The van der Waals surface area contributed by atoms with Gasteiger partial charge in [-0.2, -0.15) is 0 Å². The number of methoxy groups -OCH3 is 1. The highest BCUT2D eigenvalue weighted by Gasteiger charge is 2.24. The van der Waals surface area contributed by atoms with E-state index in [1.807, 2.05) is 12.1 Å². The molecular formula is C23H22ClNO4. The summed E-state index contributed by atoms with van der Waals surface area (Å²) in [6.45, 7) is 2.19. The average molecular weight is 412 g/mol. The van der Waals surface area contributed by atoms with Gasteiger partial charge in [-0.25, -0.2) is 0 Å². The minimum Gasteiger partial charge on any atom is -0.493 e. The van der Waals surface area contributed by atoms with Gasteiger partial charge >= 0.3 is 0 Å². The van der Waals surface area contributed by atoms with E-state index in [2.05, 4.69) is 23.3 Å². The predicted octanol–water partition coefficient (Wildman–Crippen LogP) is 3.76. The van der Waals surface area contributed by atoms with Crippen LogP contribution in [-0.2, 0) is 16.0 Å². The van der Waals surface area contributed by atoms with E-state index in [0.29, 0.717) is 35.1 Å². The fourth-order valence-electron chi connectivity index (χ4n) is 2.59. The third kappa shape index (κ3) is 6.38. The number of benzene rings is 2. The minimum absolute atomic E-state index is 0.163. The van der Waals surface area contributed by atoms with Crippen molar-refractivity contribution >= 4 is 17.5 Å².